The van der Waals surface area contributed by atoms with Crippen molar-refractivity contribution >= 4 is 11.6 Å². The second-order valence-corrected chi connectivity index (χ2v) is 8.22. The van der Waals surface area contributed by atoms with E-state index in [1.807, 2.05) is 31.2 Å². The lowest BCUT2D eigenvalue weighted by atomic mass is 9.88. The molecule has 0 aliphatic rings. The van der Waals surface area contributed by atoms with E-state index in [4.69, 9.17) is 4.74 Å². The number of ketones is 2. The van der Waals surface area contributed by atoms with Crippen molar-refractivity contribution < 1.29 is 14.3 Å². The van der Waals surface area contributed by atoms with Crippen LogP contribution in [0.5, 0.6) is 5.75 Å². The van der Waals surface area contributed by atoms with Crippen LogP contribution in [0.2, 0.25) is 0 Å². The Morgan fingerprint density at radius 2 is 1.38 bits per heavy atom. The van der Waals surface area contributed by atoms with Crippen molar-refractivity contribution in [2.24, 2.45) is 5.92 Å². The van der Waals surface area contributed by atoms with Crippen molar-refractivity contribution in [2.45, 2.75) is 104 Å². The van der Waals surface area contributed by atoms with E-state index in [-0.39, 0.29) is 17.5 Å². The highest BCUT2D eigenvalue weighted by Gasteiger charge is 2.23. The zero-order valence-corrected chi connectivity index (χ0v) is 19.0. The highest BCUT2D eigenvalue weighted by molar-refractivity contribution is 6.02. The summed E-state index contributed by atoms with van der Waals surface area (Å²) in [6, 6.07) is 7.40. The van der Waals surface area contributed by atoms with E-state index in [9.17, 15) is 9.59 Å². The lowest BCUT2D eigenvalue weighted by Crippen LogP contribution is -2.19. The average molecular weight is 403 g/mol. The molecule has 0 N–H and O–H groups in total. The maximum atomic E-state index is 13.1. The van der Waals surface area contributed by atoms with Gasteiger partial charge in [-0.15, -0.1) is 0 Å². The van der Waals surface area contributed by atoms with Crippen molar-refractivity contribution in [3.8, 4) is 5.75 Å². The Labute approximate surface area is 178 Å². The molecule has 0 aromatic heterocycles. The van der Waals surface area contributed by atoms with Crippen LogP contribution in [-0.2, 0) is 4.79 Å². The summed E-state index contributed by atoms with van der Waals surface area (Å²) in [6.45, 7) is 6.28. The molecule has 3 nitrogen and oxygen atoms in total. The van der Waals surface area contributed by atoms with Gasteiger partial charge in [-0.05, 0) is 32.4 Å². The predicted molar refractivity (Wildman–Crippen MR) is 122 cm³/mol. The Kier molecular flexibility index (Phi) is 14.2. The topological polar surface area (TPSA) is 43.4 Å². The Bertz CT molecular complexity index is 579. The maximum absolute atomic E-state index is 13.1. The smallest absolute Gasteiger partial charge is 0.170 e. The number of para-hydroxylation sites is 1. The van der Waals surface area contributed by atoms with Crippen LogP contribution in [-0.4, -0.2) is 18.2 Å². The number of rotatable bonds is 18. The summed E-state index contributed by atoms with van der Waals surface area (Å²) < 4.78 is 5.62. The number of hydrogen-bond donors (Lipinski definition) is 0. The SMILES string of the molecule is CCCCCCCCCCCCCC(CC(C)=O)C(=O)c1ccccc1OCC. The fourth-order valence-corrected chi connectivity index (χ4v) is 3.90. The van der Waals surface area contributed by atoms with E-state index in [1.54, 1.807) is 6.92 Å². The Balaban J connectivity index is 2.37. The largest absolute Gasteiger partial charge is 0.493 e. The lowest BCUT2D eigenvalue weighted by Gasteiger charge is -2.17. The molecule has 0 aliphatic heterocycles. The van der Waals surface area contributed by atoms with Gasteiger partial charge in [0.05, 0.1) is 12.2 Å². The third kappa shape index (κ3) is 11.2. The number of carbonyl (C=O) groups excluding carboxylic acids is 2. The number of carbonyl (C=O) groups is 2. The summed E-state index contributed by atoms with van der Waals surface area (Å²) in [7, 11) is 0. The first-order valence-corrected chi connectivity index (χ1v) is 11.9. The van der Waals surface area contributed by atoms with Crippen LogP contribution in [0, 0.1) is 5.92 Å². The van der Waals surface area contributed by atoms with Crippen LogP contribution in [0.25, 0.3) is 0 Å². The van der Waals surface area contributed by atoms with Crippen molar-refractivity contribution in [2.75, 3.05) is 6.61 Å². The highest BCUT2D eigenvalue weighted by Crippen LogP contribution is 2.26. The molecule has 0 saturated heterocycles. The molecule has 0 radical (unpaired) electrons. The minimum Gasteiger partial charge on any atom is -0.493 e. The van der Waals surface area contributed by atoms with Gasteiger partial charge in [0.2, 0.25) is 0 Å². The van der Waals surface area contributed by atoms with Crippen LogP contribution >= 0.6 is 0 Å². The summed E-state index contributed by atoms with van der Waals surface area (Å²) in [5.74, 6) is 0.539. The van der Waals surface area contributed by atoms with E-state index >= 15 is 0 Å². The average Bonchev–Trinajstić information content (AvgIpc) is 2.71. The molecule has 0 amide bonds. The number of ether oxygens (including phenoxy) is 1. The predicted octanol–water partition coefficient (Wildman–Crippen LogP) is 7.56. The first kappa shape index (κ1) is 25.4. The van der Waals surface area contributed by atoms with Crippen molar-refractivity contribution in [3.63, 3.8) is 0 Å². The van der Waals surface area contributed by atoms with Crippen molar-refractivity contribution in [1.29, 1.82) is 0 Å². The fourth-order valence-electron chi connectivity index (χ4n) is 3.90. The summed E-state index contributed by atoms with van der Waals surface area (Å²) in [5.41, 5.74) is 0.615. The molecule has 1 rings (SSSR count). The molecule has 0 aliphatic carbocycles. The molecule has 0 spiro atoms. The standard InChI is InChI=1S/C26H42O3/c1-4-6-7-8-9-10-11-12-13-14-15-18-23(21-22(3)27)26(28)24-19-16-17-20-25(24)29-5-2/h16-17,19-20,23H,4-15,18,21H2,1-3H3. The molecule has 1 atom stereocenters. The summed E-state index contributed by atoms with van der Waals surface area (Å²) >= 11 is 0. The first-order valence-electron chi connectivity index (χ1n) is 11.9. The third-order valence-corrected chi connectivity index (χ3v) is 5.51. The highest BCUT2D eigenvalue weighted by atomic mass is 16.5. The van der Waals surface area contributed by atoms with Crippen LogP contribution in [0.3, 0.4) is 0 Å². The van der Waals surface area contributed by atoms with Gasteiger partial charge in [0, 0.05) is 12.3 Å². The van der Waals surface area contributed by atoms with E-state index in [2.05, 4.69) is 6.92 Å². The van der Waals surface area contributed by atoms with E-state index in [0.29, 0.717) is 24.3 Å². The second kappa shape index (κ2) is 16.2. The van der Waals surface area contributed by atoms with E-state index in [1.165, 1.54) is 57.8 Å². The van der Waals surface area contributed by atoms with Gasteiger partial charge in [-0.1, -0.05) is 89.7 Å². The summed E-state index contributed by atoms with van der Waals surface area (Å²) in [6.07, 6.45) is 15.3. The van der Waals surface area contributed by atoms with Crippen LogP contribution in [0.4, 0.5) is 0 Å². The van der Waals surface area contributed by atoms with Crippen LogP contribution in [0.15, 0.2) is 24.3 Å². The number of Topliss-reactive ketones (excluding diaryl/α,β-unsaturated/α-hetero) is 2. The fraction of sp³-hybridized carbons (Fsp3) is 0.692. The monoisotopic (exact) mass is 402 g/mol. The Hall–Kier alpha value is -1.64. The zero-order chi connectivity index (χ0) is 21.3. The first-order chi connectivity index (χ1) is 14.1. The number of benzene rings is 1. The van der Waals surface area contributed by atoms with Gasteiger partial charge in [0.25, 0.3) is 0 Å². The molecule has 164 valence electrons. The Morgan fingerprint density at radius 1 is 0.828 bits per heavy atom. The number of hydrogen-bond acceptors (Lipinski definition) is 3. The van der Waals surface area contributed by atoms with Gasteiger partial charge in [-0.2, -0.15) is 0 Å². The second-order valence-electron chi connectivity index (χ2n) is 8.22. The molecule has 0 bridgehead atoms. The molecular weight excluding hydrogens is 360 g/mol. The minimum absolute atomic E-state index is 0.0522. The molecular formula is C26H42O3. The zero-order valence-electron chi connectivity index (χ0n) is 19.0. The van der Waals surface area contributed by atoms with Gasteiger partial charge in [0.15, 0.2) is 5.78 Å². The molecule has 1 aromatic rings. The summed E-state index contributed by atoms with van der Waals surface area (Å²) in [4.78, 5) is 24.8. The van der Waals surface area contributed by atoms with Gasteiger partial charge < -0.3 is 9.53 Å². The van der Waals surface area contributed by atoms with E-state index in [0.717, 1.165) is 19.3 Å². The molecule has 3 heteroatoms. The third-order valence-electron chi connectivity index (χ3n) is 5.51. The molecule has 29 heavy (non-hydrogen) atoms. The van der Waals surface area contributed by atoms with Crippen molar-refractivity contribution in [1.82, 2.24) is 0 Å². The quantitative estimate of drug-likeness (QED) is 0.188. The van der Waals surface area contributed by atoms with Gasteiger partial charge >= 0.3 is 0 Å². The molecule has 1 unspecified atom stereocenters. The van der Waals surface area contributed by atoms with Gasteiger partial charge in [0.1, 0.15) is 11.5 Å². The van der Waals surface area contributed by atoms with Crippen molar-refractivity contribution in [3.05, 3.63) is 29.8 Å². The maximum Gasteiger partial charge on any atom is 0.170 e. The van der Waals surface area contributed by atoms with Crippen LogP contribution in [0.1, 0.15) is 115 Å². The molecule has 1 aromatic carbocycles. The molecule has 0 fully saturated rings. The van der Waals surface area contributed by atoms with Gasteiger partial charge in [-0.25, -0.2) is 0 Å². The summed E-state index contributed by atoms with van der Waals surface area (Å²) in [5, 5.41) is 0. The van der Waals surface area contributed by atoms with Gasteiger partial charge in [-0.3, -0.25) is 4.79 Å². The molecule has 0 saturated carbocycles. The normalized spacial score (nSPS) is 12.0. The Morgan fingerprint density at radius 3 is 1.93 bits per heavy atom. The van der Waals surface area contributed by atoms with Crippen LogP contribution < -0.4 is 4.74 Å². The molecule has 0 heterocycles. The minimum atomic E-state index is -0.229. The number of unbranched alkanes of at least 4 members (excludes halogenated alkanes) is 10. The lowest BCUT2D eigenvalue weighted by molar-refractivity contribution is -0.117. The van der Waals surface area contributed by atoms with E-state index < -0.39 is 0 Å².